The van der Waals surface area contributed by atoms with Gasteiger partial charge in [-0.05, 0) is 20.8 Å². The van der Waals surface area contributed by atoms with Gasteiger partial charge >= 0.3 is 5.97 Å². The second-order valence-corrected chi connectivity index (χ2v) is 4.56. The molecular formula is C12H20N2O4. The topological polar surface area (TPSA) is 75.7 Å². The summed E-state index contributed by atoms with van der Waals surface area (Å²) in [6.07, 6.45) is 0.215. The van der Waals surface area contributed by atoms with E-state index in [0.29, 0.717) is 6.54 Å². The Kier molecular flexibility index (Phi) is 5.12. The summed E-state index contributed by atoms with van der Waals surface area (Å²) in [5, 5.41) is 2.50. The van der Waals surface area contributed by atoms with Crippen LogP contribution in [0, 0.1) is 5.92 Å². The molecule has 1 N–H and O–H groups in total. The van der Waals surface area contributed by atoms with Gasteiger partial charge in [0.1, 0.15) is 6.54 Å². The molecule has 1 fully saturated rings. The zero-order chi connectivity index (χ0) is 13.7. The van der Waals surface area contributed by atoms with Gasteiger partial charge in [0, 0.05) is 19.0 Å². The summed E-state index contributed by atoms with van der Waals surface area (Å²) in [4.78, 5) is 36.2. The van der Waals surface area contributed by atoms with E-state index in [2.05, 4.69) is 5.32 Å². The standard InChI is InChI=1S/C12H20N2O4/c1-4-18-11(16)6-13-12(17)9-5-10(15)14(7-9)8(2)3/h8-9H,4-7H2,1-3H3,(H,13,17)/t9-/m1/s1. The Labute approximate surface area is 107 Å². The van der Waals surface area contributed by atoms with Crippen molar-refractivity contribution in [2.75, 3.05) is 19.7 Å². The molecule has 1 rings (SSSR count). The number of carbonyl (C=O) groups excluding carboxylic acids is 3. The number of nitrogens with zero attached hydrogens (tertiary/aromatic N) is 1. The van der Waals surface area contributed by atoms with Gasteiger partial charge in [0.25, 0.3) is 0 Å². The zero-order valence-electron chi connectivity index (χ0n) is 11.1. The summed E-state index contributed by atoms with van der Waals surface area (Å²) in [6, 6.07) is 0.0976. The van der Waals surface area contributed by atoms with Gasteiger partial charge in [-0.25, -0.2) is 0 Å². The second-order valence-electron chi connectivity index (χ2n) is 4.56. The monoisotopic (exact) mass is 256 g/mol. The molecule has 0 saturated carbocycles. The van der Waals surface area contributed by atoms with E-state index in [1.807, 2.05) is 13.8 Å². The summed E-state index contributed by atoms with van der Waals surface area (Å²) in [5.41, 5.74) is 0. The fraction of sp³-hybridized carbons (Fsp3) is 0.750. The van der Waals surface area contributed by atoms with Crippen molar-refractivity contribution in [3.63, 3.8) is 0 Å². The molecule has 18 heavy (non-hydrogen) atoms. The molecular weight excluding hydrogens is 236 g/mol. The van der Waals surface area contributed by atoms with Gasteiger partial charge in [-0.1, -0.05) is 0 Å². The maximum Gasteiger partial charge on any atom is 0.325 e. The molecule has 1 atom stereocenters. The number of rotatable bonds is 5. The van der Waals surface area contributed by atoms with E-state index in [1.165, 1.54) is 0 Å². The molecule has 0 bridgehead atoms. The third kappa shape index (κ3) is 3.72. The van der Waals surface area contributed by atoms with Crippen LogP contribution in [0.5, 0.6) is 0 Å². The summed E-state index contributed by atoms with van der Waals surface area (Å²) < 4.78 is 4.70. The van der Waals surface area contributed by atoms with Crippen LogP contribution in [0.2, 0.25) is 0 Å². The first kappa shape index (κ1) is 14.5. The lowest BCUT2D eigenvalue weighted by molar-refractivity contribution is -0.143. The fourth-order valence-electron chi connectivity index (χ4n) is 1.92. The van der Waals surface area contributed by atoms with Crippen LogP contribution in [0.4, 0.5) is 0 Å². The van der Waals surface area contributed by atoms with Crippen LogP contribution >= 0.6 is 0 Å². The molecule has 2 amide bonds. The van der Waals surface area contributed by atoms with Crippen LogP contribution in [0.1, 0.15) is 27.2 Å². The Morgan fingerprint density at radius 2 is 2.17 bits per heavy atom. The Balaban J connectivity index is 2.40. The van der Waals surface area contributed by atoms with E-state index in [1.54, 1.807) is 11.8 Å². The van der Waals surface area contributed by atoms with Crippen molar-refractivity contribution in [3.05, 3.63) is 0 Å². The van der Waals surface area contributed by atoms with Crippen molar-refractivity contribution in [1.29, 1.82) is 0 Å². The third-order valence-electron chi connectivity index (χ3n) is 2.86. The predicted octanol–water partition coefficient (Wildman–Crippen LogP) is -0.0774. The SMILES string of the molecule is CCOC(=O)CNC(=O)[C@@H]1CC(=O)N(C(C)C)C1. The Morgan fingerprint density at radius 1 is 1.50 bits per heavy atom. The molecule has 6 heteroatoms. The Morgan fingerprint density at radius 3 is 2.67 bits per heavy atom. The molecule has 1 heterocycles. The van der Waals surface area contributed by atoms with Crippen LogP contribution in [-0.2, 0) is 19.1 Å². The highest BCUT2D eigenvalue weighted by atomic mass is 16.5. The lowest BCUT2D eigenvalue weighted by atomic mass is 10.1. The van der Waals surface area contributed by atoms with Crippen LogP contribution in [0.25, 0.3) is 0 Å². The van der Waals surface area contributed by atoms with Gasteiger partial charge in [-0.2, -0.15) is 0 Å². The van der Waals surface area contributed by atoms with E-state index >= 15 is 0 Å². The van der Waals surface area contributed by atoms with Crippen LogP contribution in [0.15, 0.2) is 0 Å². The first-order valence-corrected chi connectivity index (χ1v) is 6.18. The van der Waals surface area contributed by atoms with Gasteiger partial charge in [0.2, 0.25) is 11.8 Å². The molecule has 1 aliphatic heterocycles. The zero-order valence-corrected chi connectivity index (χ0v) is 11.1. The molecule has 1 aliphatic rings. The molecule has 102 valence electrons. The minimum Gasteiger partial charge on any atom is -0.465 e. The lowest BCUT2D eigenvalue weighted by Gasteiger charge is -2.20. The van der Waals surface area contributed by atoms with Crippen molar-refractivity contribution in [3.8, 4) is 0 Å². The van der Waals surface area contributed by atoms with Gasteiger partial charge in [0.05, 0.1) is 12.5 Å². The molecule has 1 saturated heterocycles. The van der Waals surface area contributed by atoms with Crippen molar-refractivity contribution in [2.24, 2.45) is 5.92 Å². The molecule has 6 nitrogen and oxygen atoms in total. The minimum absolute atomic E-state index is 0.0127. The van der Waals surface area contributed by atoms with Crippen molar-refractivity contribution in [2.45, 2.75) is 33.2 Å². The predicted molar refractivity (Wildman–Crippen MR) is 64.6 cm³/mol. The van der Waals surface area contributed by atoms with Crippen molar-refractivity contribution >= 4 is 17.8 Å². The van der Waals surface area contributed by atoms with Gasteiger partial charge in [-0.15, -0.1) is 0 Å². The number of esters is 1. The number of hydrogen-bond donors (Lipinski definition) is 1. The number of carbonyl (C=O) groups is 3. The van der Waals surface area contributed by atoms with Crippen molar-refractivity contribution in [1.82, 2.24) is 10.2 Å². The largest absolute Gasteiger partial charge is 0.465 e. The Hall–Kier alpha value is -1.59. The summed E-state index contributed by atoms with van der Waals surface area (Å²) >= 11 is 0. The molecule has 0 aliphatic carbocycles. The van der Waals surface area contributed by atoms with Crippen LogP contribution in [0.3, 0.4) is 0 Å². The van der Waals surface area contributed by atoms with Gasteiger partial charge in [0.15, 0.2) is 0 Å². The number of amides is 2. The first-order valence-electron chi connectivity index (χ1n) is 6.18. The number of nitrogens with one attached hydrogen (secondary N) is 1. The molecule has 0 aromatic rings. The first-order chi connectivity index (χ1) is 8.45. The lowest BCUT2D eigenvalue weighted by Crippen LogP contribution is -2.37. The number of likely N-dealkylation sites (tertiary alicyclic amines) is 1. The fourth-order valence-corrected chi connectivity index (χ4v) is 1.92. The van der Waals surface area contributed by atoms with Crippen molar-refractivity contribution < 1.29 is 19.1 Å². The highest BCUT2D eigenvalue weighted by Crippen LogP contribution is 2.19. The Bertz CT molecular complexity index is 341. The van der Waals surface area contributed by atoms with E-state index in [4.69, 9.17) is 4.74 Å². The number of ether oxygens (including phenoxy) is 1. The minimum atomic E-state index is -0.462. The van der Waals surface area contributed by atoms with Gasteiger partial charge < -0.3 is 15.0 Å². The average molecular weight is 256 g/mol. The smallest absolute Gasteiger partial charge is 0.325 e. The molecule has 0 aromatic carbocycles. The third-order valence-corrected chi connectivity index (χ3v) is 2.86. The summed E-state index contributed by atoms with van der Waals surface area (Å²) in [7, 11) is 0. The number of hydrogen-bond acceptors (Lipinski definition) is 4. The highest BCUT2D eigenvalue weighted by molar-refractivity contribution is 5.90. The molecule has 0 aromatic heterocycles. The van der Waals surface area contributed by atoms with E-state index in [9.17, 15) is 14.4 Å². The van der Waals surface area contributed by atoms with E-state index < -0.39 is 5.97 Å². The normalized spacial score (nSPS) is 19.2. The summed E-state index contributed by atoms with van der Waals surface area (Å²) in [5.74, 6) is -1.11. The molecule has 0 unspecified atom stereocenters. The summed E-state index contributed by atoms with van der Waals surface area (Å²) in [6.45, 7) is 6.10. The molecule has 0 spiro atoms. The maximum absolute atomic E-state index is 11.8. The van der Waals surface area contributed by atoms with Crippen LogP contribution in [-0.4, -0.2) is 48.4 Å². The maximum atomic E-state index is 11.8. The van der Waals surface area contributed by atoms with Gasteiger partial charge in [-0.3, -0.25) is 14.4 Å². The van der Waals surface area contributed by atoms with E-state index in [0.717, 1.165) is 0 Å². The van der Waals surface area contributed by atoms with E-state index in [-0.39, 0.29) is 43.3 Å². The highest BCUT2D eigenvalue weighted by Gasteiger charge is 2.35. The molecule has 0 radical (unpaired) electrons. The second kappa shape index (κ2) is 6.37. The average Bonchev–Trinajstić information content (AvgIpc) is 2.69. The van der Waals surface area contributed by atoms with Crippen LogP contribution < -0.4 is 5.32 Å². The quantitative estimate of drug-likeness (QED) is 0.698.